The molecule has 30 heavy (non-hydrogen) atoms. The number of ether oxygens (including phenoxy) is 3. The van der Waals surface area contributed by atoms with Gasteiger partial charge in [-0.3, -0.25) is 0 Å². The number of unbranched alkanes of at least 4 members (excludes halogenated alkanes) is 5. The number of nitrogens with zero attached hydrogens (tertiary/aromatic N) is 1. The zero-order valence-electron chi connectivity index (χ0n) is 20.3. The molecule has 0 radical (unpaired) electrons. The number of benzene rings is 1. The SMILES string of the molecule is CCCCCCCCC(CCCN(C)c1ccccc1)C(OCC)(OCC)OCC. The normalized spacial score (nSPS) is 12.8. The molecule has 1 aromatic rings. The molecule has 1 aromatic carbocycles. The van der Waals surface area contributed by atoms with E-state index in [4.69, 9.17) is 14.2 Å². The first-order chi connectivity index (χ1) is 14.6. The molecule has 1 unspecified atom stereocenters. The molecule has 0 bridgehead atoms. The molecule has 0 aromatic heterocycles. The third-order valence-corrected chi connectivity index (χ3v) is 5.69. The third-order valence-electron chi connectivity index (χ3n) is 5.69. The highest BCUT2D eigenvalue weighted by Gasteiger charge is 2.41. The van der Waals surface area contributed by atoms with Gasteiger partial charge in [0.25, 0.3) is 5.97 Å². The van der Waals surface area contributed by atoms with Crippen molar-refractivity contribution in [2.45, 2.75) is 91.5 Å². The molecule has 0 aliphatic carbocycles. The van der Waals surface area contributed by atoms with E-state index in [-0.39, 0.29) is 5.92 Å². The van der Waals surface area contributed by atoms with Crippen LogP contribution in [0, 0.1) is 5.92 Å². The Kier molecular flexibility index (Phi) is 14.9. The van der Waals surface area contributed by atoms with Crippen molar-refractivity contribution < 1.29 is 14.2 Å². The van der Waals surface area contributed by atoms with Gasteiger partial charge in [0.15, 0.2) is 0 Å². The number of anilines is 1. The van der Waals surface area contributed by atoms with Crippen molar-refractivity contribution in [2.75, 3.05) is 38.3 Å². The molecule has 0 saturated heterocycles. The highest BCUT2D eigenvalue weighted by Crippen LogP contribution is 2.34. The third kappa shape index (κ3) is 9.80. The zero-order chi connectivity index (χ0) is 22.1. The summed E-state index contributed by atoms with van der Waals surface area (Å²) in [7, 11) is 2.17. The van der Waals surface area contributed by atoms with Gasteiger partial charge in [-0.25, -0.2) is 0 Å². The van der Waals surface area contributed by atoms with Crippen LogP contribution in [0.15, 0.2) is 30.3 Å². The Balaban J connectivity index is 2.73. The molecule has 174 valence electrons. The lowest BCUT2D eigenvalue weighted by atomic mass is 9.92. The Labute approximate surface area is 186 Å². The Bertz CT molecular complexity index is 491. The van der Waals surface area contributed by atoms with Crippen LogP contribution in [-0.2, 0) is 14.2 Å². The van der Waals surface area contributed by atoms with Gasteiger partial charge < -0.3 is 19.1 Å². The van der Waals surface area contributed by atoms with Crippen molar-refractivity contribution >= 4 is 5.69 Å². The molecular weight excluding hydrogens is 374 g/mol. The van der Waals surface area contributed by atoms with Crippen LogP contribution in [0.2, 0.25) is 0 Å². The fraction of sp³-hybridized carbons (Fsp3) is 0.769. The average molecular weight is 422 g/mol. The monoisotopic (exact) mass is 421 g/mol. The molecule has 0 spiro atoms. The summed E-state index contributed by atoms with van der Waals surface area (Å²) in [6.07, 6.45) is 11.0. The van der Waals surface area contributed by atoms with Crippen LogP contribution in [0.25, 0.3) is 0 Å². The highest BCUT2D eigenvalue weighted by atomic mass is 16.9. The van der Waals surface area contributed by atoms with Crippen LogP contribution in [-0.4, -0.2) is 39.4 Å². The second kappa shape index (κ2) is 16.6. The summed E-state index contributed by atoms with van der Waals surface area (Å²) in [5.74, 6) is -0.666. The molecule has 0 fully saturated rings. The van der Waals surface area contributed by atoms with Crippen molar-refractivity contribution in [1.29, 1.82) is 0 Å². The second-order valence-corrected chi connectivity index (χ2v) is 8.06. The van der Waals surface area contributed by atoms with Gasteiger partial charge in [-0.15, -0.1) is 0 Å². The minimum absolute atomic E-state index is 0.243. The van der Waals surface area contributed by atoms with Crippen LogP contribution < -0.4 is 4.90 Å². The molecule has 1 atom stereocenters. The molecule has 0 amide bonds. The van der Waals surface area contributed by atoms with E-state index in [1.54, 1.807) is 0 Å². The van der Waals surface area contributed by atoms with Gasteiger partial charge in [0.2, 0.25) is 0 Å². The summed E-state index contributed by atoms with van der Waals surface area (Å²) in [6, 6.07) is 10.6. The van der Waals surface area contributed by atoms with Crippen molar-refractivity contribution in [3.63, 3.8) is 0 Å². The summed E-state index contributed by atoms with van der Waals surface area (Å²) in [6.45, 7) is 11.1. The van der Waals surface area contributed by atoms with E-state index in [1.165, 1.54) is 44.2 Å². The molecular formula is C26H47NO3. The van der Waals surface area contributed by atoms with Crippen LogP contribution in [0.1, 0.15) is 85.5 Å². The highest BCUT2D eigenvalue weighted by molar-refractivity contribution is 5.44. The Morgan fingerprint density at radius 2 is 1.27 bits per heavy atom. The summed E-state index contributed by atoms with van der Waals surface area (Å²) in [5.41, 5.74) is 1.26. The Hall–Kier alpha value is -1.10. The predicted octanol–water partition coefficient (Wildman–Crippen LogP) is 7.03. The molecule has 4 nitrogen and oxygen atoms in total. The summed E-state index contributed by atoms with van der Waals surface area (Å²) in [5, 5.41) is 0. The van der Waals surface area contributed by atoms with Gasteiger partial charge in [-0.2, -0.15) is 0 Å². The van der Waals surface area contributed by atoms with Crippen molar-refractivity contribution in [2.24, 2.45) is 5.92 Å². The van der Waals surface area contributed by atoms with E-state index < -0.39 is 5.97 Å². The van der Waals surface area contributed by atoms with Gasteiger partial charge in [0, 0.05) is 45.0 Å². The Morgan fingerprint density at radius 3 is 1.83 bits per heavy atom. The maximum absolute atomic E-state index is 6.15. The van der Waals surface area contributed by atoms with E-state index in [9.17, 15) is 0 Å². The second-order valence-electron chi connectivity index (χ2n) is 8.06. The predicted molar refractivity (Wildman–Crippen MR) is 128 cm³/mol. The minimum atomic E-state index is -0.910. The van der Waals surface area contributed by atoms with E-state index in [1.807, 2.05) is 20.8 Å². The fourth-order valence-electron chi connectivity index (χ4n) is 4.14. The summed E-state index contributed by atoms with van der Waals surface area (Å²) in [4.78, 5) is 2.32. The van der Waals surface area contributed by atoms with Crippen LogP contribution >= 0.6 is 0 Å². The lowest BCUT2D eigenvalue weighted by Gasteiger charge is -2.39. The largest absolute Gasteiger partial charge is 0.375 e. The molecule has 0 saturated carbocycles. The smallest absolute Gasteiger partial charge is 0.285 e. The lowest BCUT2D eigenvalue weighted by Crippen LogP contribution is -2.47. The molecule has 0 heterocycles. The van der Waals surface area contributed by atoms with Crippen LogP contribution in [0.5, 0.6) is 0 Å². The van der Waals surface area contributed by atoms with Crippen LogP contribution in [0.4, 0.5) is 5.69 Å². The Morgan fingerprint density at radius 1 is 0.733 bits per heavy atom. The van der Waals surface area contributed by atoms with E-state index in [2.05, 4.69) is 49.2 Å². The van der Waals surface area contributed by atoms with Crippen molar-refractivity contribution in [1.82, 2.24) is 0 Å². The van der Waals surface area contributed by atoms with Gasteiger partial charge in [0.05, 0.1) is 0 Å². The first kappa shape index (κ1) is 26.9. The zero-order valence-corrected chi connectivity index (χ0v) is 20.3. The van der Waals surface area contributed by atoms with Crippen molar-refractivity contribution in [3.05, 3.63) is 30.3 Å². The maximum atomic E-state index is 6.15. The van der Waals surface area contributed by atoms with Gasteiger partial charge >= 0.3 is 0 Å². The van der Waals surface area contributed by atoms with Crippen LogP contribution in [0.3, 0.4) is 0 Å². The maximum Gasteiger partial charge on any atom is 0.285 e. The van der Waals surface area contributed by atoms with Crippen molar-refractivity contribution in [3.8, 4) is 0 Å². The fourth-order valence-corrected chi connectivity index (χ4v) is 4.14. The van der Waals surface area contributed by atoms with Gasteiger partial charge in [-0.05, 0) is 52.2 Å². The van der Waals surface area contributed by atoms with E-state index in [0.717, 1.165) is 25.8 Å². The number of hydrogen-bond donors (Lipinski definition) is 0. The topological polar surface area (TPSA) is 30.9 Å². The molecule has 1 rings (SSSR count). The molecule has 0 aliphatic rings. The first-order valence-electron chi connectivity index (χ1n) is 12.3. The molecule has 0 N–H and O–H groups in total. The lowest BCUT2D eigenvalue weighted by molar-refractivity contribution is -0.403. The average Bonchev–Trinajstić information content (AvgIpc) is 2.75. The number of hydrogen-bond acceptors (Lipinski definition) is 4. The number of rotatable bonds is 19. The molecule has 4 heteroatoms. The first-order valence-corrected chi connectivity index (χ1v) is 12.3. The summed E-state index contributed by atoms with van der Waals surface area (Å²) < 4.78 is 18.5. The minimum Gasteiger partial charge on any atom is -0.375 e. The van der Waals surface area contributed by atoms with E-state index >= 15 is 0 Å². The summed E-state index contributed by atoms with van der Waals surface area (Å²) >= 11 is 0. The van der Waals surface area contributed by atoms with Gasteiger partial charge in [-0.1, -0.05) is 63.6 Å². The molecule has 0 aliphatic heterocycles. The van der Waals surface area contributed by atoms with Gasteiger partial charge in [0.1, 0.15) is 0 Å². The quantitative estimate of drug-likeness (QED) is 0.177. The number of para-hydroxylation sites is 1. The van der Waals surface area contributed by atoms with E-state index in [0.29, 0.717) is 19.8 Å². The standard InChI is InChI=1S/C26H47NO3/c1-6-10-11-12-13-15-19-24(26(28-7-2,29-8-3)30-9-4)20-18-23-27(5)25-21-16-14-17-22-25/h14,16-17,21-22,24H,6-13,15,18-20,23H2,1-5H3.